The average molecular weight is 436 g/mol. The smallest absolute Gasteiger partial charge is 0.254 e. The van der Waals surface area contributed by atoms with Crippen LogP contribution in [0.4, 0.5) is 0 Å². The Morgan fingerprint density at radius 3 is 2.59 bits per heavy atom. The number of nitrogens with zero attached hydrogens (tertiary/aromatic N) is 1. The van der Waals surface area contributed by atoms with Crippen molar-refractivity contribution in [3.8, 4) is 5.75 Å². The Kier molecular flexibility index (Phi) is 7.19. The number of sulfone groups is 1. The van der Waals surface area contributed by atoms with Crippen LogP contribution in [-0.4, -0.2) is 43.4 Å². The van der Waals surface area contributed by atoms with E-state index in [2.05, 4.69) is 6.92 Å². The summed E-state index contributed by atoms with van der Waals surface area (Å²) in [5.74, 6) is 0.644. The van der Waals surface area contributed by atoms with Gasteiger partial charge in [0.25, 0.3) is 5.91 Å². The van der Waals surface area contributed by atoms with Gasteiger partial charge >= 0.3 is 0 Å². The molecule has 2 aromatic rings. The molecule has 1 saturated heterocycles. The summed E-state index contributed by atoms with van der Waals surface area (Å²) in [6.07, 6.45) is 2.48. The van der Waals surface area contributed by atoms with Crippen LogP contribution in [0.15, 0.2) is 48.5 Å². The molecule has 1 aliphatic heterocycles. The normalized spacial score (nSPS) is 17.8. The van der Waals surface area contributed by atoms with Gasteiger partial charge in [-0.2, -0.15) is 0 Å². The van der Waals surface area contributed by atoms with Crippen molar-refractivity contribution >= 4 is 27.3 Å². The Balaban J connectivity index is 1.80. The van der Waals surface area contributed by atoms with Crippen LogP contribution in [0.2, 0.25) is 5.02 Å². The molecule has 1 heterocycles. The van der Waals surface area contributed by atoms with Crippen molar-refractivity contribution < 1.29 is 17.9 Å². The summed E-state index contributed by atoms with van der Waals surface area (Å²) in [4.78, 5) is 14.9. The van der Waals surface area contributed by atoms with Crippen LogP contribution in [0.1, 0.15) is 42.1 Å². The van der Waals surface area contributed by atoms with Crippen molar-refractivity contribution in [2.45, 2.75) is 38.8 Å². The molecule has 1 aliphatic rings. The Morgan fingerprint density at radius 2 is 1.97 bits per heavy atom. The monoisotopic (exact) mass is 435 g/mol. The van der Waals surface area contributed by atoms with Crippen LogP contribution >= 0.6 is 11.6 Å². The fourth-order valence-corrected chi connectivity index (χ4v) is 5.36. The van der Waals surface area contributed by atoms with E-state index in [4.69, 9.17) is 16.3 Å². The first-order chi connectivity index (χ1) is 13.9. The van der Waals surface area contributed by atoms with E-state index in [1.807, 2.05) is 12.1 Å². The second-order valence-electron chi connectivity index (χ2n) is 7.35. The number of benzene rings is 2. The second-order valence-corrected chi connectivity index (χ2v) is 10.0. The zero-order valence-electron chi connectivity index (χ0n) is 16.5. The summed E-state index contributed by atoms with van der Waals surface area (Å²) in [6.45, 7) is 3.06. The first-order valence-electron chi connectivity index (χ1n) is 9.86. The minimum absolute atomic E-state index is 0.00246. The number of amides is 1. The van der Waals surface area contributed by atoms with Gasteiger partial charge in [0.05, 0.1) is 18.1 Å². The van der Waals surface area contributed by atoms with Crippen molar-refractivity contribution in [2.24, 2.45) is 0 Å². The zero-order chi connectivity index (χ0) is 20.9. The second kappa shape index (κ2) is 9.63. The maximum absolute atomic E-state index is 13.3. The number of unbranched alkanes of at least 4 members (excludes halogenated alkanes) is 1. The molecule has 1 amide bonds. The Labute approximate surface area is 177 Å². The summed E-state index contributed by atoms with van der Waals surface area (Å²) in [6, 6.07) is 14.0. The predicted molar refractivity (Wildman–Crippen MR) is 115 cm³/mol. The molecule has 0 bridgehead atoms. The molecule has 3 rings (SSSR count). The maximum atomic E-state index is 13.3. The van der Waals surface area contributed by atoms with Gasteiger partial charge in [0, 0.05) is 23.2 Å². The molecule has 0 N–H and O–H groups in total. The highest BCUT2D eigenvalue weighted by Crippen LogP contribution is 2.24. The van der Waals surface area contributed by atoms with Crippen LogP contribution in [0.25, 0.3) is 0 Å². The van der Waals surface area contributed by atoms with Gasteiger partial charge in [0.2, 0.25) is 0 Å². The lowest BCUT2D eigenvalue weighted by atomic mass is 10.1. The topological polar surface area (TPSA) is 63.7 Å². The van der Waals surface area contributed by atoms with Gasteiger partial charge in [-0.15, -0.1) is 0 Å². The van der Waals surface area contributed by atoms with E-state index in [9.17, 15) is 13.2 Å². The quantitative estimate of drug-likeness (QED) is 0.578. The lowest BCUT2D eigenvalue weighted by Crippen LogP contribution is -2.40. The maximum Gasteiger partial charge on any atom is 0.254 e. The molecule has 0 aliphatic carbocycles. The first kappa shape index (κ1) is 21.7. The fraction of sp³-hybridized carbons (Fsp3) is 0.409. The van der Waals surface area contributed by atoms with E-state index in [-0.39, 0.29) is 23.5 Å². The van der Waals surface area contributed by atoms with E-state index >= 15 is 0 Å². The number of carbonyl (C=O) groups excluding carboxylic acids is 1. The van der Waals surface area contributed by atoms with Gasteiger partial charge in [0.1, 0.15) is 5.75 Å². The van der Waals surface area contributed by atoms with Crippen molar-refractivity contribution in [1.82, 2.24) is 4.90 Å². The molecule has 0 aromatic heterocycles. The third-order valence-corrected chi connectivity index (χ3v) is 7.01. The van der Waals surface area contributed by atoms with Gasteiger partial charge in [-0.3, -0.25) is 4.79 Å². The van der Waals surface area contributed by atoms with E-state index in [1.54, 1.807) is 41.3 Å². The summed E-state index contributed by atoms with van der Waals surface area (Å²) in [5, 5.41) is 0.586. The van der Waals surface area contributed by atoms with Crippen molar-refractivity contribution in [3.05, 3.63) is 64.7 Å². The summed E-state index contributed by atoms with van der Waals surface area (Å²) < 4.78 is 29.7. The molecule has 0 radical (unpaired) electrons. The molecule has 0 saturated carbocycles. The van der Waals surface area contributed by atoms with Crippen LogP contribution in [0.3, 0.4) is 0 Å². The highest BCUT2D eigenvalue weighted by molar-refractivity contribution is 7.91. The van der Waals surface area contributed by atoms with Crippen LogP contribution in [0.5, 0.6) is 5.75 Å². The van der Waals surface area contributed by atoms with Crippen LogP contribution < -0.4 is 4.74 Å². The highest BCUT2D eigenvalue weighted by atomic mass is 35.5. The van der Waals surface area contributed by atoms with Gasteiger partial charge in [-0.1, -0.05) is 37.1 Å². The molecule has 2 aromatic carbocycles. The zero-order valence-corrected chi connectivity index (χ0v) is 18.1. The van der Waals surface area contributed by atoms with Gasteiger partial charge < -0.3 is 9.64 Å². The molecule has 156 valence electrons. The molecule has 0 spiro atoms. The molecule has 1 atom stereocenters. The van der Waals surface area contributed by atoms with Crippen molar-refractivity contribution in [2.75, 3.05) is 18.1 Å². The first-order valence-corrected chi connectivity index (χ1v) is 12.1. The highest BCUT2D eigenvalue weighted by Gasteiger charge is 2.35. The summed E-state index contributed by atoms with van der Waals surface area (Å²) >= 11 is 6.09. The summed E-state index contributed by atoms with van der Waals surface area (Å²) in [7, 11) is -3.12. The minimum Gasteiger partial charge on any atom is -0.494 e. The Hall–Kier alpha value is -2.05. The number of halogens is 1. The van der Waals surface area contributed by atoms with Crippen LogP contribution in [-0.2, 0) is 16.4 Å². The molecule has 5 nitrogen and oxygen atoms in total. The third-order valence-electron chi connectivity index (χ3n) is 5.02. The lowest BCUT2D eigenvalue weighted by Gasteiger charge is -2.28. The van der Waals surface area contributed by atoms with E-state index in [1.165, 1.54) is 0 Å². The molecular weight excluding hydrogens is 410 g/mol. The Morgan fingerprint density at radius 1 is 1.21 bits per heavy atom. The minimum atomic E-state index is -3.12. The molecule has 7 heteroatoms. The predicted octanol–water partition coefficient (Wildman–Crippen LogP) is 4.35. The molecule has 29 heavy (non-hydrogen) atoms. The average Bonchev–Trinajstić information content (AvgIpc) is 3.06. The number of rotatable bonds is 8. The SMILES string of the molecule is CCCCOc1ccc(C(=O)N(Cc2cccc(Cl)c2)[C@@H]2CCS(=O)(=O)C2)cc1. The molecular formula is C22H26ClNO4S. The van der Waals surface area contributed by atoms with Crippen molar-refractivity contribution in [1.29, 1.82) is 0 Å². The fourth-order valence-electron chi connectivity index (χ4n) is 3.41. The van der Waals surface area contributed by atoms with E-state index in [0.29, 0.717) is 30.2 Å². The van der Waals surface area contributed by atoms with Crippen molar-refractivity contribution in [3.63, 3.8) is 0 Å². The lowest BCUT2D eigenvalue weighted by molar-refractivity contribution is 0.0681. The number of hydrogen-bond acceptors (Lipinski definition) is 4. The molecule has 1 fully saturated rings. The van der Waals surface area contributed by atoms with Gasteiger partial charge in [0.15, 0.2) is 9.84 Å². The van der Waals surface area contributed by atoms with E-state index < -0.39 is 9.84 Å². The molecule has 0 unspecified atom stereocenters. The number of hydrogen-bond donors (Lipinski definition) is 0. The van der Waals surface area contributed by atoms with Gasteiger partial charge in [-0.05, 0) is 54.8 Å². The third kappa shape index (κ3) is 5.97. The van der Waals surface area contributed by atoms with Crippen LogP contribution in [0, 0.1) is 0 Å². The van der Waals surface area contributed by atoms with Gasteiger partial charge in [-0.25, -0.2) is 8.42 Å². The van der Waals surface area contributed by atoms with E-state index in [0.717, 1.165) is 24.2 Å². The number of ether oxygens (including phenoxy) is 1. The number of carbonyl (C=O) groups is 1. The summed E-state index contributed by atoms with van der Waals surface area (Å²) in [5.41, 5.74) is 1.38. The largest absolute Gasteiger partial charge is 0.494 e. The standard InChI is InChI=1S/C22H26ClNO4S/c1-2-3-12-28-21-9-7-18(8-10-21)22(25)24(20-11-13-29(26,27)16-20)15-17-5-4-6-19(23)14-17/h4-10,14,20H,2-3,11-13,15-16H2,1H3/t20-/m1/s1. The Bertz CT molecular complexity index is 944.